The minimum atomic E-state index is -0.235. The maximum absolute atomic E-state index is 12.8. The van der Waals surface area contributed by atoms with Gasteiger partial charge in [0.1, 0.15) is 15.5 Å². The Bertz CT molecular complexity index is 1050. The summed E-state index contributed by atoms with van der Waals surface area (Å²) in [5.74, 6) is 0.759. The van der Waals surface area contributed by atoms with Gasteiger partial charge in [0.2, 0.25) is 0 Å². The zero-order valence-electron chi connectivity index (χ0n) is 17.7. The van der Waals surface area contributed by atoms with Crippen LogP contribution in [0.15, 0.2) is 36.7 Å². The summed E-state index contributed by atoms with van der Waals surface area (Å²) in [6.45, 7) is 2.93. The molecule has 4 rings (SSSR count). The summed E-state index contributed by atoms with van der Waals surface area (Å²) in [6, 6.07) is 7.94. The minimum Gasteiger partial charge on any atom is -0.395 e. The number of aliphatic hydroxyl groups excluding tert-OH is 1. The molecule has 31 heavy (non-hydrogen) atoms. The van der Waals surface area contributed by atoms with Gasteiger partial charge < -0.3 is 20.1 Å². The smallest absolute Gasteiger partial charge is 0.261 e. The highest BCUT2D eigenvalue weighted by molar-refractivity contribution is 7.20. The van der Waals surface area contributed by atoms with E-state index in [-0.39, 0.29) is 25.2 Å². The number of hydrogen-bond donors (Lipinski definition) is 2. The molecular weight excluding hydrogens is 414 g/mol. The van der Waals surface area contributed by atoms with E-state index in [0.717, 1.165) is 40.3 Å². The Morgan fingerprint density at radius 3 is 2.94 bits per heavy atom. The molecule has 1 atom stereocenters. The van der Waals surface area contributed by atoms with E-state index in [1.807, 2.05) is 43.4 Å². The van der Waals surface area contributed by atoms with Gasteiger partial charge in [-0.3, -0.25) is 9.69 Å². The summed E-state index contributed by atoms with van der Waals surface area (Å²) in [6.07, 6.45) is 3.31. The van der Waals surface area contributed by atoms with Crippen molar-refractivity contribution in [1.29, 1.82) is 0 Å². The molecule has 4 heterocycles. The molecule has 0 spiro atoms. The molecule has 2 N–H and O–H groups in total. The van der Waals surface area contributed by atoms with Gasteiger partial charge in [-0.25, -0.2) is 9.97 Å². The zero-order chi connectivity index (χ0) is 21.8. The molecule has 164 valence electrons. The van der Waals surface area contributed by atoms with Crippen LogP contribution in [-0.2, 0) is 11.3 Å². The number of morpholine rings is 1. The number of carbonyl (C=O) groups excluding carboxylic acids is 1. The number of rotatable bonds is 7. The highest BCUT2D eigenvalue weighted by Crippen LogP contribution is 2.37. The second kappa shape index (κ2) is 9.69. The molecule has 1 amide bonds. The van der Waals surface area contributed by atoms with E-state index in [1.54, 1.807) is 6.20 Å². The first-order chi connectivity index (χ1) is 15.1. The first kappa shape index (κ1) is 21.6. The lowest BCUT2D eigenvalue weighted by molar-refractivity contribution is -0.0323. The Morgan fingerprint density at radius 2 is 2.13 bits per heavy atom. The standard InChI is InChI=1S/C22H27N5O3S/c1-26(2)20-15(5-3-7-23-20)13-27-10-12-30-17(14-27)18-16-6-4-8-25-22(16)31-19(18)21(29)24-9-11-28/h3-8,17,28H,9-14H2,1-2H3,(H,24,29). The van der Waals surface area contributed by atoms with Crippen LogP contribution in [0.1, 0.15) is 26.9 Å². The van der Waals surface area contributed by atoms with Crippen molar-refractivity contribution >= 4 is 33.3 Å². The summed E-state index contributed by atoms with van der Waals surface area (Å²) in [4.78, 5) is 27.5. The first-order valence-corrected chi connectivity index (χ1v) is 11.1. The van der Waals surface area contributed by atoms with Gasteiger partial charge in [-0.05, 0) is 12.1 Å². The molecule has 1 aliphatic heterocycles. The van der Waals surface area contributed by atoms with Crippen LogP contribution in [0.25, 0.3) is 10.2 Å². The predicted octanol–water partition coefficient (Wildman–Crippen LogP) is 2.05. The normalized spacial score (nSPS) is 17.1. The van der Waals surface area contributed by atoms with Crippen molar-refractivity contribution in [2.75, 3.05) is 51.8 Å². The number of amides is 1. The second-order valence-electron chi connectivity index (χ2n) is 7.66. The molecule has 1 saturated heterocycles. The number of pyridine rings is 2. The van der Waals surface area contributed by atoms with Gasteiger partial charge in [0.15, 0.2) is 0 Å². The van der Waals surface area contributed by atoms with Gasteiger partial charge in [-0.1, -0.05) is 12.1 Å². The summed E-state index contributed by atoms with van der Waals surface area (Å²) in [7, 11) is 3.99. The first-order valence-electron chi connectivity index (χ1n) is 10.3. The van der Waals surface area contributed by atoms with E-state index >= 15 is 0 Å². The molecule has 1 aliphatic rings. The minimum absolute atomic E-state index is 0.1000. The third-order valence-corrected chi connectivity index (χ3v) is 6.39. The van der Waals surface area contributed by atoms with Crippen molar-refractivity contribution in [3.8, 4) is 0 Å². The Kier molecular flexibility index (Phi) is 6.77. The summed E-state index contributed by atoms with van der Waals surface area (Å²) in [5.41, 5.74) is 2.04. The van der Waals surface area contributed by atoms with Crippen molar-refractivity contribution in [1.82, 2.24) is 20.2 Å². The average Bonchev–Trinajstić information content (AvgIpc) is 3.17. The third kappa shape index (κ3) is 4.69. The average molecular weight is 442 g/mol. The molecule has 0 aliphatic carbocycles. The molecule has 1 unspecified atom stereocenters. The lowest BCUT2D eigenvalue weighted by Gasteiger charge is -2.34. The number of thiophene rings is 1. The summed E-state index contributed by atoms with van der Waals surface area (Å²) in [5, 5.41) is 12.8. The van der Waals surface area contributed by atoms with E-state index in [9.17, 15) is 4.79 Å². The van der Waals surface area contributed by atoms with Crippen LogP contribution in [0.4, 0.5) is 5.82 Å². The highest BCUT2D eigenvalue weighted by atomic mass is 32.1. The third-order valence-electron chi connectivity index (χ3n) is 5.27. The lowest BCUT2D eigenvalue weighted by Crippen LogP contribution is -2.38. The van der Waals surface area contributed by atoms with Crippen LogP contribution in [0.2, 0.25) is 0 Å². The van der Waals surface area contributed by atoms with Crippen LogP contribution in [0.5, 0.6) is 0 Å². The molecule has 3 aromatic rings. The monoisotopic (exact) mass is 441 g/mol. The number of ether oxygens (including phenoxy) is 1. The molecule has 0 saturated carbocycles. The van der Waals surface area contributed by atoms with Crippen LogP contribution in [-0.4, -0.2) is 72.8 Å². The molecule has 3 aromatic heterocycles. The maximum Gasteiger partial charge on any atom is 0.261 e. The number of nitrogens with zero attached hydrogens (tertiary/aromatic N) is 4. The topological polar surface area (TPSA) is 90.8 Å². The molecular formula is C22H27N5O3S. The fourth-order valence-electron chi connectivity index (χ4n) is 3.91. The van der Waals surface area contributed by atoms with E-state index in [1.165, 1.54) is 11.3 Å². The van der Waals surface area contributed by atoms with Gasteiger partial charge in [0, 0.05) is 69.2 Å². The van der Waals surface area contributed by atoms with Crippen LogP contribution < -0.4 is 10.2 Å². The lowest BCUT2D eigenvalue weighted by atomic mass is 10.0. The SMILES string of the molecule is CN(C)c1ncccc1CN1CCOC(c2c(C(=O)NCCO)sc3ncccc23)C1. The number of anilines is 1. The summed E-state index contributed by atoms with van der Waals surface area (Å²) >= 11 is 1.37. The second-order valence-corrected chi connectivity index (χ2v) is 8.65. The van der Waals surface area contributed by atoms with Crippen molar-refractivity contribution in [3.63, 3.8) is 0 Å². The largest absolute Gasteiger partial charge is 0.395 e. The van der Waals surface area contributed by atoms with Gasteiger partial charge in [0.25, 0.3) is 5.91 Å². The van der Waals surface area contributed by atoms with Crippen LogP contribution >= 0.6 is 11.3 Å². The molecule has 0 radical (unpaired) electrons. The van der Waals surface area contributed by atoms with E-state index in [2.05, 4.69) is 26.3 Å². The Morgan fingerprint density at radius 1 is 1.32 bits per heavy atom. The van der Waals surface area contributed by atoms with Crippen LogP contribution in [0.3, 0.4) is 0 Å². The quantitative estimate of drug-likeness (QED) is 0.580. The number of carbonyl (C=O) groups is 1. The van der Waals surface area contributed by atoms with Gasteiger partial charge >= 0.3 is 0 Å². The highest BCUT2D eigenvalue weighted by Gasteiger charge is 2.30. The number of aliphatic hydroxyl groups is 1. The van der Waals surface area contributed by atoms with Gasteiger partial charge in [0.05, 0.1) is 19.3 Å². The number of hydrogen-bond acceptors (Lipinski definition) is 8. The predicted molar refractivity (Wildman–Crippen MR) is 122 cm³/mol. The van der Waals surface area contributed by atoms with Crippen molar-refractivity contribution in [3.05, 3.63) is 52.7 Å². The molecule has 9 heteroatoms. The molecule has 0 aromatic carbocycles. The number of aromatic nitrogens is 2. The van der Waals surface area contributed by atoms with E-state index < -0.39 is 0 Å². The Hall–Kier alpha value is -2.59. The maximum atomic E-state index is 12.8. The van der Waals surface area contributed by atoms with E-state index in [0.29, 0.717) is 18.0 Å². The fourth-order valence-corrected chi connectivity index (χ4v) is 5.02. The molecule has 8 nitrogen and oxygen atoms in total. The van der Waals surface area contributed by atoms with Gasteiger partial charge in [-0.2, -0.15) is 0 Å². The fraction of sp³-hybridized carbons (Fsp3) is 0.409. The van der Waals surface area contributed by atoms with Gasteiger partial charge in [-0.15, -0.1) is 11.3 Å². The Balaban J connectivity index is 1.62. The Labute approximate surface area is 185 Å². The number of nitrogens with one attached hydrogen (secondary N) is 1. The number of fused-ring (bicyclic) bond motifs is 1. The van der Waals surface area contributed by atoms with E-state index in [4.69, 9.17) is 9.84 Å². The summed E-state index contributed by atoms with van der Waals surface area (Å²) < 4.78 is 6.15. The molecule has 0 bridgehead atoms. The molecule has 1 fully saturated rings. The van der Waals surface area contributed by atoms with Crippen molar-refractivity contribution in [2.45, 2.75) is 12.6 Å². The zero-order valence-corrected chi connectivity index (χ0v) is 18.6. The van der Waals surface area contributed by atoms with Crippen molar-refractivity contribution < 1.29 is 14.6 Å². The van der Waals surface area contributed by atoms with Crippen molar-refractivity contribution in [2.24, 2.45) is 0 Å². The van der Waals surface area contributed by atoms with Crippen LogP contribution in [0, 0.1) is 0 Å².